The molecule has 0 aliphatic carbocycles. The molecule has 0 radical (unpaired) electrons. The lowest BCUT2D eigenvalue weighted by molar-refractivity contribution is 0.112. The van der Waals surface area contributed by atoms with Gasteiger partial charge in [0.1, 0.15) is 5.82 Å². The topological polar surface area (TPSA) is 43.1 Å². The number of aldehydes is 1. The molecular weight excluding hydrogens is 185 g/mol. The minimum Gasteiger partial charge on any atom is -0.356 e. The van der Waals surface area contributed by atoms with Crippen LogP contribution in [0.4, 0.5) is 4.39 Å². The Morgan fingerprint density at radius 3 is 3.00 bits per heavy atom. The van der Waals surface area contributed by atoms with Crippen molar-refractivity contribution in [1.29, 1.82) is 0 Å². The molecule has 0 saturated heterocycles. The van der Waals surface area contributed by atoms with Crippen LogP contribution in [0.1, 0.15) is 10.4 Å². The predicted molar refractivity (Wildman–Crippen MR) is 47.3 cm³/mol. The van der Waals surface area contributed by atoms with Crippen molar-refractivity contribution >= 4 is 6.29 Å². The lowest BCUT2D eigenvalue weighted by Crippen LogP contribution is -1.82. The van der Waals surface area contributed by atoms with E-state index in [1.165, 1.54) is 18.3 Å². The monoisotopic (exact) mass is 191 g/mol. The molecule has 0 aliphatic rings. The maximum absolute atomic E-state index is 12.8. The molecule has 1 aromatic carbocycles. The van der Waals surface area contributed by atoms with E-state index in [4.69, 9.17) is 4.52 Å². The molecule has 70 valence electrons. The molecular formula is C10H6FNO2. The molecule has 1 aromatic heterocycles. The molecule has 14 heavy (non-hydrogen) atoms. The minimum atomic E-state index is -0.379. The Morgan fingerprint density at radius 1 is 1.43 bits per heavy atom. The highest BCUT2D eigenvalue weighted by Crippen LogP contribution is 2.22. The van der Waals surface area contributed by atoms with Gasteiger partial charge < -0.3 is 4.52 Å². The van der Waals surface area contributed by atoms with Crippen LogP contribution in [-0.2, 0) is 0 Å². The molecule has 0 spiro atoms. The van der Waals surface area contributed by atoms with Gasteiger partial charge in [0.25, 0.3) is 0 Å². The third kappa shape index (κ3) is 1.42. The van der Waals surface area contributed by atoms with E-state index in [2.05, 4.69) is 5.16 Å². The highest BCUT2D eigenvalue weighted by Gasteiger charge is 2.09. The van der Waals surface area contributed by atoms with Crippen LogP contribution >= 0.6 is 0 Å². The Hall–Kier alpha value is -1.97. The molecule has 0 amide bonds. The van der Waals surface area contributed by atoms with Crippen molar-refractivity contribution in [3.63, 3.8) is 0 Å². The summed E-state index contributed by atoms with van der Waals surface area (Å²) in [5.74, 6) is -0.0877. The van der Waals surface area contributed by atoms with Crippen molar-refractivity contribution < 1.29 is 13.7 Å². The highest BCUT2D eigenvalue weighted by molar-refractivity contribution is 5.84. The number of aromatic nitrogens is 1. The molecule has 0 N–H and O–H groups in total. The van der Waals surface area contributed by atoms with Crippen molar-refractivity contribution in [2.75, 3.05) is 0 Å². The summed E-state index contributed by atoms with van der Waals surface area (Å²) >= 11 is 0. The SMILES string of the molecule is O=Cc1cnoc1-c1cccc(F)c1. The summed E-state index contributed by atoms with van der Waals surface area (Å²) in [6.45, 7) is 0. The number of nitrogens with zero attached hydrogens (tertiary/aromatic N) is 1. The van der Waals surface area contributed by atoms with Gasteiger partial charge in [-0.1, -0.05) is 17.3 Å². The van der Waals surface area contributed by atoms with Crippen LogP contribution in [0, 0.1) is 5.82 Å². The summed E-state index contributed by atoms with van der Waals surface area (Å²) in [6.07, 6.45) is 1.92. The Morgan fingerprint density at radius 2 is 2.29 bits per heavy atom. The van der Waals surface area contributed by atoms with Crippen LogP contribution in [-0.4, -0.2) is 11.4 Å². The maximum atomic E-state index is 12.8. The van der Waals surface area contributed by atoms with Gasteiger partial charge in [-0.2, -0.15) is 0 Å². The van der Waals surface area contributed by atoms with Crippen molar-refractivity contribution in [1.82, 2.24) is 5.16 Å². The predicted octanol–water partition coefficient (Wildman–Crippen LogP) is 2.29. The molecule has 0 fully saturated rings. The normalized spacial score (nSPS) is 10.1. The van der Waals surface area contributed by atoms with Crippen molar-refractivity contribution in [3.8, 4) is 11.3 Å². The first kappa shape index (κ1) is 8.62. The lowest BCUT2D eigenvalue weighted by Gasteiger charge is -1.95. The van der Waals surface area contributed by atoms with Crippen LogP contribution < -0.4 is 0 Å². The largest absolute Gasteiger partial charge is 0.356 e. The fourth-order valence-electron chi connectivity index (χ4n) is 1.18. The van der Waals surface area contributed by atoms with E-state index in [-0.39, 0.29) is 5.82 Å². The summed E-state index contributed by atoms with van der Waals surface area (Å²) < 4.78 is 17.7. The summed E-state index contributed by atoms with van der Waals surface area (Å²) in [7, 11) is 0. The second-order valence-corrected chi connectivity index (χ2v) is 2.74. The maximum Gasteiger partial charge on any atom is 0.177 e. The standard InChI is InChI=1S/C10H6FNO2/c11-9-3-1-2-7(4-9)10-8(6-13)5-12-14-10/h1-6H. The molecule has 2 aromatic rings. The first-order valence-corrected chi connectivity index (χ1v) is 3.97. The Labute approximate surface area is 79.1 Å². The number of carbonyl (C=O) groups is 1. The van der Waals surface area contributed by atoms with E-state index >= 15 is 0 Å². The molecule has 0 unspecified atom stereocenters. The summed E-state index contributed by atoms with van der Waals surface area (Å²) in [5.41, 5.74) is 0.820. The zero-order valence-electron chi connectivity index (χ0n) is 7.11. The molecule has 1 heterocycles. The third-order valence-corrected chi connectivity index (χ3v) is 1.81. The van der Waals surface area contributed by atoms with E-state index in [1.54, 1.807) is 12.1 Å². The molecule has 0 bridgehead atoms. The number of rotatable bonds is 2. The van der Waals surface area contributed by atoms with Crippen molar-refractivity contribution in [2.45, 2.75) is 0 Å². The van der Waals surface area contributed by atoms with E-state index in [1.807, 2.05) is 0 Å². The van der Waals surface area contributed by atoms with Gasteiger partial charge in [0.05, 0.1) is 11.8 Å². The average molecular weight is 191 g/mol. The van der Waals surface area contributed by atoms with Crippen LogP contribution in [0.25, 0.3) is 11.3 Å². The number of hydrogen-bond donors (Lipinski definition) is 0. The Balaban J connectivity index is 2.54. The fraction of sp³-hybridized carbons (Fsp3) is 0. The molecule has 2 rings (SSSR count). The number of halogens is 1. The molecule has 0 saturated carbocycles. The zero-order chi connectivity index (χ0) is 9.97. The first-order valence-electron chi connectivity index (χ1n) is 3.97. The number of carbonyl (C=O) groups excluding carboxylic acids is 1. The van der Waals surface area contributed by atoms with Gasteiger partial charge >= 0.3 is 0 Å². The first-order chi connectivity index (χ1) is 6.81. The smallest absolute Gasteiger partial charge is 0.177 e. The molecule has 0 aliphatic heterocycles. The molecule has 3 nitrogen and oxygen atoms in total. The number of hydrogen-bond acceptors (Lipinski definition) is 3. The van der Waals surface area contributed by atoms with Crippen LogP contribution in [0.3, 0.4) is 0 Å². The van der Waals surface area contributed by atoms with E-state index in [9.17, 15) is 9.18 Å². The van der Waals surface area contributed by atoms with E-state index < -0.39 is 0 Å². The van der Waals surface area contributed by atoms with Crippen LogP contribution in [0.15, 0.2) is 35.0 Å². The summed E-state index contributed by atoms with van der Waals surface area (Å²) in [4.78, 5) is 10.6. The van der Waals surface area contributed by atoms with Crippen LogP contribution in [0.2, 0.25) is 0 Å². The second-order valence-electron chi connectivity index (χ2n) is 2.74. The quantitative estimate of drug-likeness (QED) is 0.684. The van der Waals surface area contributed by atoms with Gasteiger partial charge in [-0.25, -0.2) is 4.39 Å². The van der Waals surface area contributed by atoms with E-state index in [0.717, 1.165) is 0 Å². The fourth-order valence-corrected chi connectivity index (χ4v) is 1.18. The van der Waals surface area contributed by atoms with Gasteiger partial charge in [0.15, 0.2) is 12.0 Å². The average Bonchev–Trinajstić information content (AvgIpc) is 2.65. The second kappa shape index (κ2) is 3.41. The van der Waals surface area contributed by atoms with Crippen LogP contribution in [0.5, 0.6) is 0 Å². The third-order valence-electron chi connectivity index (χ3n) is 1.81. The number of benzene rings is 1. The van der Waals surface area contributed by atoms with E-state index in [0.29, 0.717) is 23.2 Å². The lowest BCUT2D eigenvalue weighted by atomic mass is 10.1. The van der Waals surface area contributed by atoms with Gasteiger partial charge in [-0.3, -0.25) is 4.79 Å². The minimum absolute atomic E-state index is 0.291. The van der Waals surface area contributed by atoms with Crippen molar-refractivity contribution in [2.24, 2.45) is 0 Å². The zero-order valence-corrected chi connectivity index (χ0v) is 7.11. The molecule has 0 atom stereocenters. The van der Waals surface area contributed by atoms with Gasteiger partial charge in [-0.05, 0) is 12.1 Å². The van der Waals surface area contributed by atoms with Gasteiger partial charge in [0.2, 0.25) is 0 Å². The highest BCUT2D eigenvalue weighted by atomic mass is 19.1. The molecule has 4 heteroatoms. The van der Waals surface area contributed by atoms with Crippen molar-refractivity contribution in [3.05, 3.63) is 41.8 Å². The van der Waals surface area contributed by atoms with Gasteiger partial charge in [0, 0.05) is 5.56 Å². The Bertz CT molecular complexity index is 465. The summed E-state index contributed by atoms with van der Waals surface area (Å²) in [6, 6.07) is 5.80. The summed E-state index contributed by atoms with van der Waals surface area (Å²) in [5, 5.41) is 3.47. The van der Waals surface area contributed by atoms with Gasteiger partial charge in [-0.15, -0.1) is 0 Å². The Kier molecular flexibility index (Phi) is 2.10.